The molecule has 1 saturated carbocycles. The van der Waals surface area contributed by atoms with Gasteiger partial charge < -0.3 is 4.57 Å². The van der Waals surface area contributed by atoms with Crippen molar-refractivity contribution >= 4 is 11.0 Å². The van der Waals surface area contributed by atoms with Gasteiger partial charge in [-0.3, -0.25) is 11.3 Å². The maximum absolute atomic E-state index is 5.78. The van der Waals surface area contributed by atoms with Crippen LogP contribution in [0.5, 0.6) is 0 Å². The molecule has 1 heterocycles. The van der Waals surface area contributed by atoms with E-state index in [1.807, 2.05) is 12.4 Å². The molecule has 0 aliphatic heterocycles. The van der Waals surface area contributed by atoms with Crippen molar-refractivity contribution < 1.29 is 0 Å². The fraction of sp³-hybridized carbons (Fsp3) is 0.533. The quantitative estimate of drug-likeness (QED) is 0.654. The molecule has 0 spiro atoms. The first-order valence-corrected chi connectivity index (χ1v) is 7.24. The third-order valence-electron chi connectivity index (χ3n) is 4.35. The highest BCUT2D eigenvalue weighted by atomic mass is 15.3. The molecular weight excluding hydrogens is 236 g/mol. The average molecular weight is 258 g/mol. The van der Waals surface area contributed by atoms with Gasteiger partial charge in [-0.05, 0) is 30.9 Å². The minimum Gasteiger partial charge on any atom is -0.329 e. The molecule has 19 heavy (non-hydrogen) atoms. The van der Waals surface area contributed by atoms with Gasteiger partial charge in [0.15, 0.2) is 0 Å². The van der Waals surface area contributed by atoms with Gasteiger partial charge in [0.2, 0.25) is 0 Å². The van der Waals surface area contributed by atoms with Gasteiger partial charge in [-0.15, -0.1) is 0 Å². The lowest BCUT2D eigenvalue weighted by molar-refractivity contribution is 0.251. The Labute approximate surface area is 114 Å². The van der Waals surface area contributed by atoms with Crippen molar-refractivity contribution in [3.05, 3.63) is 30.6 Å². The van der Waals surface area contributed by atoms with E-state index in [4.69, 9.17) is 5.84 Å². The molecule has 1 atom stereocenters. The van der Waals surface area contributed by atoms with Crippen molar-refractivity contribution in [2.45, 2.75) is 44.7 Å². The van der Waals surface area contributed by atoms with Crippen LogP contribution in [-0.2, 0) is 6.54 Å². The van der Waals surface area contributed by atoms with E-state index in [0.29, 0.717) is 12.0 Å². The monoisotopic (exact) mass is 258 g/mol. The van der Waals surface area contributed by atoms with Gasteiger partial charge in [0, 0.05) is 12.6 Å². The number of rotatable bonds is 4. The maximum atomic E-state index is 5.78. The number of nitrogens with one attached hydrogen (secondary N) is 1. The molecule has 1 unspecified atom stereocenters. The first-order chi connectivity index (χ1) is 9.38. The molecule has 102 valence electrons. The molecule has 1 aliphatic rings. The van der Waals surface area contributed by atoms with E-state index in [1.165, 1.54) is 37.6 Å². The summed E-state index contributed by atoms with van der Waals surface area (Å²) in [6.07, 6.45) is 8.57. The Hall–Kier alpha value is -1.39. The lowest BCUT2D eigenvalue weighted by atomic mass is 9.84. The fourth-order valence-corrected chi connectivity index (χ4v) is 3.24. The third kappa shape index (κ3) is 2.65. The fourth-order valence-electron chi connectivity index (χ4n) is 3.24. The van der Waals surface area contributed by atoms with E-state index < -0.39 is 0 Å². The first-order valence-electron chi connectivity index (χ1n) is 7.24. The molecule has 4 heteroatoms. The highest BCUT2D eigenvalue weighted by Crippen LogP contribution is 2.27. The van der Waals surface area contributed by atoms with Crippen LogP contribution in [0.25, 0.3) is 11.0 Å². The van der Waals surface area contributed by atoms with Gasteiger partial charge in [-0.25, -0.2) is 4.98 Å². The van der Waals surface area contributed by atoms with Crippen LogP contribution < -0.4 is 11.3 Å². The predicted molar refractivity (Wildman–Crippen MR) is 77.4 cm³/mol. The molecule has 4 nitrogen and oxygen atoms in total. The number of fused-ring (bicyclic) bond motifs is 1. The number of nitrogens with zero attached hydrogens (tertiary/aromatic N) is 2. The summed E-state index contributed by atoms with van der Waals surface area (Å²) in [4.78, 5) is 4.45. The van der Waals surface area contributed by atoms with Crippen molar-refractivity contribution in [3.63, 3.8) is 0 Å². The lowest BCUT2D eigenvalue weighted by Crippen LogP contribution is -2.44. The molecule has 1 fully saturated rings. The van der Waals surface area contributed by atoms with Crippen molar-refractivity contribution in [2.24, 2.45) is 11.8 Å². The largest absolute Gasteiger partial charge is 0.329 e. The molecule has 3 N–H and O–H groups in total. The van der Waals surface area contributed by atoms with Crippen LogP contribution in [0.1, 0.15) is 32.1 Å². The second kappa shape index (κ2) is 5.72. The Kier molecular flexibility index (Phi) is 3.80. The minimum absolute atomic E-state index is 0.345. The number of hydrogen-bond acceptors (Lipinski definition) is 3. The highest BCUT2D eigenvalue weighted by molar-refractivity contribution is 5.74. The summed E-state index contributed by atoms with van der Waals surface area (Å²) in [5.41, 5.74) is 5.28. The zero-order chi connectivity index (χ0) is 13.1. The first kappa shape index (κ1) is 12.6. The topological polar surface area (TPSA) is 55.9 Å². The molecule has 0 radical (unpaired) electrons. The molecule has 0 bridgehead atoms. The zero-order valence-electron chi connectivity index (χ0n) is 11.3. The number of aromatic nitrogens is 2. The summed E-state index contributed by atoms with van der Waals surface area (Å²) in [6.45, 7) is 0.904. The summed E-state index contributed by atoms with van der Waals surface area (Å²) in [6, 6.07) is 8.61. The van der Waals surface area contributed by atoms with Crippen LogP contribution in [0.15, 0.2) is 30.6 Å². The molecule has 0 saturated heterocycles. The van der Waals surface area contributed by atoms with Crippen LogP contribution in [0.3, 0.4) is 0 Å². The van der Waals surface area contributed by atoms with Crippen LogP contribution >= 0.6 is 0 Å². The zero-order valence-corrected chi connectivity index (χ0v) is 11.3. The third-order valence-corrected chi connectivity index (χ3v) is 4.35. The van der Waals surface area contributed by atoms with Crippen molar-refractivity contribution in [1.29, 1.82) is 0 Å². The van der Waals surface area contributed by atoms with Gasteiger partial charge >= 0.3 is 0 Å². The van der Waals surface area contributed by atoms with E-state index in [9.17, 15) is 0 Å². The Morgan fingerprint density at radius 3 is 2.84 bits per heavy atom. The van der Waals surface area contributed by atoms with E-state index in [1.54, 1.807) is 0 Å². The molecule has 3 rings (SSSR count). The molecule has 1 aliphatic carbocycles. The second-order valence-electron chi connectivity index (χ2n) is 5.56. The van der Waals surface area contributed by atoms with Gasteiger partial charge in [-0.2, -0.15) is 0 Å². The van der Waals surface area contributed by atoms with Crippen molar-refractivity contribution in [3.8, 4) is 0 Å². The average Bonchev–Trinajstić information content (AvgIpc) is 2.89. The number of nitrogens with two attached hydrogens (primary N) is 1. The summed E-state index contributed by atoms with van der Waals surface area (Å²) in [7, 11) is 0. The number of imidazole rings is 1. The Balaban J connectivity index is 1.78. The summed E-state index contributed by atoms with van der Waals surface area (Å²) < 4.78 is 2.22. The summed E-state index contributed by atoms with van der Waals surface area (Å²) in [5, 5.41) is 0. The minimum atomic E-state index is 0.345. The highest BCUT2D eigenvalue weighted by Gasteiger charge is 2.23. The van der Waals surface area contributed by atoms with Crippen molar-refractivity contribution in [1.82, 2.24) is 15.0 Å². The molecule has 0 amide bonds. The van der Waals surface area contributed by atoms with Gasteiger partial charge in [0.25, 0.3) is 0 Å². The van der Waals surface area contributed by atoms with E-state index in [0.717, 1.165) is 12.1 Å². The molecule has 2 aromatic rings. The SMILES string of the molecule is NNC(Cn1cnc2ccccc21)C1CCCCC1. The Bertz CT molecular complexity index is 528. The number of para-hydroxylation sites is 2. The Morgan fingerprint density at radius 1 is 1.26 bits per heavy atom. The van der Waals surface area contributed by atoms with Crippen LogP contribution in [0.2, 0.25) is 0 Å². The standard InChI is InChI=1S/C15H22N4/c16-18-14(12-6-2-1-3-7-12)10-19-11-17-13-8-4-5-9-15(13)19/h4-5,8-9,11-12,14,18H,1-3,6-7,10,16H2. The summed E-state index contributed by atoms with van der Waals surface area (Å²) >= 11 is 0. The van der Waals surface area contributed by atoms with Gasteiger partial charge in [0.1, 0.15) is 0 Å². The second-order valence-corrected chi connectivity index (χ2v) is 5.56. The van der Waals surface area contributed by atoms with Crippen LogP contribution in [0.4, 0.5) is 0 Å². The van der Waals surface area contributed by atoms with E-state index in [-0.39, 0.29) is 0 Å². The van der Waals surface area contributed by atoms with Crippen LogP contribution in [0, 0.1) is 5.92 Å². The van der Waals surface area contributed by atoms with Gasteiger partial charge in [-0.1, -0.05) is 31.4 Å². The Morgan fingerprint density at radius 2 is 2.05 bits per heavy atom. The van der Waals surface area contributed by atoms with Crippen LogP contribution in [-0.4, -0.2) is 15.6 Å². The van der Waals surface area contributed by atoms with E-state index >= 15 is 0 Å². The number of hydrogen-bond donors (Lipinski definition) is 2. The van der Waals surface area contributed by atoms with Crippen molar-refractivity contribution in [2.75, 3.05) is 0 Å². The molecule has 1 aromatic heterocycles. The van der Waals surface area contributed by atoms with E-state index in [2.05, 4.69) is 33.2 Å². The number of benzene rings is 1. The maximum Gasteiger partial charge on any atom is 0.0958 e. The normalized spacial score (nSPS) is 18.8. The molecule has 1 aromatic carbocycles. The lowest BCUT2D eigenvalue weighted by Gasteiger charge is -2.30. The summed E-state index contributed by atoms with van der Waals surface area (Å²) in [5.74, 6) is 6.47. The molecular formula is C15H22N4. The number of hydrazine groups is 1. The van der Waals surface area contributed by atoms with Gasteiger partial charge in [0.05, 0.1) is 17.4 Å². The predicted octanol–water partition coefficient (Wildman–Crippen LogP) is 2.45. The smallest absolute Gasteiger partial charge is 0.0958 e.